The smallest absolute Gasteiger partial charge is 0.161 e. The normalized spacial score (nSPS) is 10.3. The highest BCUT2D eigenvalue weighted by Crippen LogP contribution is 2.34. The summed E-state index contributed by atoms with van der Waals surface area (Å²) in [5.74, 6) is 1.36. The summed E-state index contributed by atoms with van der Waals surface area (Å²) in [6.07, 6.45) is 0. The highest BCUT2D eigenvalue weighted by Gasteiger charge is 2.10. The molecule has 0 atom stereocenters. The monoisotopic (exact) mass is 389 g/mol. The minimum Gasteiger partial charge on any atom is -0.493 e. The lowest BCUT2D eigenvalue weighted by Crippen LogP contribution is -2.02. The fourth-order valence-electron chi connectivity index (χ4n) is 1.86. The molecule has 0 aromatic heterocycles. The van der Waals surface area contributed by atoms with Gasteiger partial charge in [-0.05, 0) is 35.9 Å². The second kappa shape index (κ2) is 7.25. The Labute approximate surface area is 142 Å². The molecule has 3 nitrogen and oxygen atoms in total. The zero-order chi connectivity index (χ0) is 15.4. The van der Waals surface area contributed by atoms with Gasteiger partial charge in [-0.15, -0.1) is 0 Å². The topological polar surface area (TPSA) is 30.5 Å². The molecule has 0 radical (unpaired) electrons. The van der Waals surface area contributed by atoms with E-state index in [0.29, 0.717) is 28.1 Å². The third-order valence-corrected chi connectivity index (χ3v) is 4.24. The highest BCUT2D eigenvalue weighted by atomic mass is 79.9. The number of anilines is 1. The molecule has 0 heterocycles. The minimum absolute atomic E-state index is 0.582. The van der Waals surface area contributed by atoms with Crippen LogP contribution in [0.5, 0.6) is 11.5 Å². The van der Waals surface area contributed by atoms with Crippen molar-refractivity contribution in [2.24, 2.45) is 0 Å². The van der Waals surface area contributed by atoms with Gasteiger partial charge in [-0.25, -0.2) is 0 Å². The van der Waals surface area contributed by atoms with Crippen LogP contribution in [0.25, 0.3) is 0 Å². The molecular formula is C15H14BrCl2NO2. The standard InChI is InChI=1S/C15H14BrCl2NO2/c1-20-14-5-9(11(16)7-15(14)21-2)8-19-13-4-3-10(17)6-12(13)18/h3-7,19H,8H2,1-2H3. The largest absolute Gasteiger partial charge is 0.493 e. The molecule has 112 valence electrons. The van der Waals surface area contributed by atoms with E-state index >= 15 is 0 Å². The van der Waals surface area contributed by atoms with Gasteiger partial charge < -0.3 is 14.8 Å². The molecule has 2 aromatic carbocycles. The van der Waals surface area contributed by atoms with Crippen molar-refractivity contribution in [1.82, 2.24) is 0 Å². The van der Waals surface area contributed by atoms with Crippen molar-refractivity contribution in [3.63, 3.8) is 0 Å². The summed E-state index contributed by atoms with van der Waals surface area (Å²) >= 11 is 15.5. The fraction of sp³-hybridized carbons (Fsp3) is 0.200. The van der Waals surface area contributed by atoms with Crippen molar-refractivity contribution in [1.29, 1.82) is 0 Å². The molecule has 21 heavy (non-hydrogen) atoms. The van der Waals surface area contributed by atoms with Gasteiger partial charge in [-0.3, -0.25) is 0 Å². The van der Waals surface area contributed by atoms with Crippen LogP contribution in [-0.2, 0) is 6.54 Å². The van der Waals surface area contributed by atoms with Crippen LogP contribution >= 0.6 is 39.1 Å². The molecule has 0 spiro atoms. The molecule has 0 saturated heterocycles. The van der Waals surface area contributed by atoms with Crippen molar-refractivity contribution in [3.8, 4) is 11.5 Å². The number of methoxy groups -OCH3 is 2. The summed E-state index contributed by atoms with van der Waals surface area (Å²) in [4.78, 5) is 0. The number of hydrogen-bond donors (Lipinski definition) is 1. The van der Waals surface area contributed by atoms with Crippen molar-refractivity contribution in [3.05, 3.63) is 50.4 Å². The van der Waals surface area contributed by atoms with Gasteiger partial charge in [0.1, 0.15) is 0 Å². The molecule has 1 N–H and O–H groups in total. The second-order valence-corrected chi connectivity index (χ2v) is 5.97. The average Bonchev–Trinajstić information content (AvgIpc) is 2.47. The van der Waals surface area contributed by atoms with Crippen molar-refractivity contribution < 1.29 is 9.47 Å². The number of rotatable bonds is 5. The molecule has 2 aromatic rings. The van der Waals surface area contributed by atoms with Crippen LogP contribution in [0.15, 0.2) is 34.8 Å². The molecule has 2 rings (SSSR count). The molecule has 0 aliphatic heterocycles. The summed E-state index contributed by atoms with van der Waals surface area (Å²) in [5, 5.41) is 4.46. The molecule has 6 heteroatoms. The number of benzene rings is 2. The number of nitrogens with one attached hydrogen (secondary N) is 1. The number of halogens is 3. The van der Waals surface area contributed by atoms with E-state index in [1.807, 2.05) is 18.2 Å². The third-order valence-electron chi connectivity index (χ3n) is 2.95. The van der Waals surface area contributed by atoms with Gasteiger partial charge in [0.2, 0.25) is 0 Å². The van der Waals surface area contributed by atoms with Crippen molar-refractivity contribution >= 4 is 44.8 Å². The van der Waals surface area contributed by atoms with Crippen LogP contribution in [0.2, 0.25) is 10.0 Å². The first-order valence-corrected chi connectivity index (χ1v) is 7.69. The van der Waals surface area contributed by atoms with Crippen LogP contribution in [0.3, 0.4) is 0 Å². The van der Waals surface area contributed by atoms with E-state index in [-0.39, 0.29) is 0 Å². The third kappa shape index (κ3) is 3.96. The van der Waals surface area contributed by atoms with Crippen molar-refractivity contribution in [2.75, 3.05) is 19.5 Å². The van der Waals surface area contributed by atoms with E-state index in [1.54, 1.807) is 26.4 Å². The van der Waals surface area contributed by atoms with Gasteiger partial charge in [0.25, 0.3) is 0 Å². The predicted octanol–water partition coefficient (Wildman–Crippen LogP) is 5.39. The van der Waals surface area contributed by atoms with Crippen LogP contribution in [0, 0.1) is 0 Å². The minimum atomic E-state index is 0.582. The molecule has 0 saturated carbocycles. The summed E-state index contributed by atoms with van der Waals surface area (Å²) in [7, 11) is 3.22. The maximum absolute atomic E-state index is 6.14. The summed E-state index contributed by atoms with van der Waals surface area (Å²) in [6, 6.07) is 9.13. The fourth-order valence-corrected chi connectivity index (χ4v) is 2.79. The molecule has 0 aliphatic carbocycles. The lowest BCUT2D eigenvalue weighted by atomic mass is 10.2. The average molecular weight is 391 g/mol. The molecule has 0 amide bonds. The zero-order valence-corrected chi connectivity index (χ0v) is 14.6. The Balaban J connectivity index is 2.19. The lowest BCUT2D eigenvalue weighted by molar-refractivity contribution is 0.354. The van der Waals surface area contributed by atoms with Gasteiger partial charge in [0, 0.05) is 16.0 Å². The Hall–Kier alpha value is -1.10. The lowest BCUT2D eigenvalue weighted by Gasteiger charge is -2.14. The van der Waals surface area contributed by atoms with E-state index in [1.165, 1.54) is 0 Å². The van der Waals surface area contributed by atoms with E-state index in [4.69, 9.17) is 32.7 Å². The maximum atomic E-state index is 6.14. The Kier molecular flexibility index (Phi) is 5.62. The van der Waals surface area contributed by atoms with Crippen LogP contribution in [-0.4, -0.2) is 14.2 Å². The molecular weight excluding hydrogens is 377 g/mol. The second-order valence-electron chi connectivity index (χ2n) is 4.28. The zero-order valence-electron chi connectivity index (χ0n) is 11.5. The van der Waals surface area contributed by atoms with Gasteiger partial charge in [0.15, 0.2) is 11.5 Å². The molecule has 0 unspecified atom stereocenters. The highest BCUT2D eigenvalue weighted by molar-refractivity contribution is 9.10. The van der Waals surface area contributed by atoms with E-state index < -0.39 is 0 Å². The van der Waals surface area contributed by atoms with E-state index in [9.17, 15) is 0 Å². The summed E-state index contributed by atoms with van der Waals surface area (Å²) in [6.45, 7) is 0.586. The Bertz CT molecular complexity index is 650. The van der Waals surface area contributed by atoms with Crippen molar-refractivity contribution in [2.45, 2.75) is 6.54 Å². The Morgan fingerprint density at radius 1 is 1.05 bits per heavy atom. The quantitative estimate of drug-likeness (QED) is 0.742. The Morgan fingerprint density at radius 2 is 1.71 bits per heavy atom. The first-order chi connectivity index (χ1) is 10.0. The van der Waals surface area contributed by atoms with Crippen LogP contribution < -0.4 is 14.8 Å². The maximum Gasteiger partial charge on any atom is 0.161 e. The van der Waals surface area contributed by atoms with Crippen LogP contribution in [0.4, 0.5) is 5.69 Å². The number of hydrogen-bond acceptors (Lipinski definition) is 3. The first kappa shape index (κ1) is 16.3. The molecule has 0 fully saturated rings. The van der Waals surface area contributed by atoms with E-state index in [0.717, 1.165) is 15.7 Å². The summed E-state index contributed by atoms with van der Waals surface area (Å²) < 4.78 is 11.5. The van der Waals surface area contributed by atoms with Crippen LogP contribution in [0.1, 0.15) is 5.56 Å². The first-order valence-electron chi connectivity index (χ1n) is 6.14. The van der Waals surface area contributed by atoms with Gasteiger partial charge in [-0.2, -0.15) is 0 Å². The summed E-state index contributed by atoms with van der Waals surface area (Å²) in [5.41, 5.74) is 1.85. The van der Waals surface area contributed by atoms with E-state index in [2.05, 4.69) is 21.2 Å². The van der Waals surface area contributed by atoms with Gasteiger partial charge in [-0.1, -0.05) is 39.1 Å². The Morgan fingerprint density at radius 3 is 2.33 bits per heavy atom. The molecule has 0 aliphatic rings. The number of ether oxygens (including phenoxy) is 2. The van der Waals surface area contributed by atoms with Gasteiger partial charge in [0.05, 0.1) is 24.9 Å². The predicted molar refractivity (Wildman–Crippen MR) is 91.0 cm³/mol. The molecule has 0 bridgehead atoms. The SMILES string of the molecule is COc1cc(Br)c(CNc2ccc(Cl)cc2Cl)cc1OC. The van der Waals surface area contributed by atoms with Gasteiger partial charge >= 0.3 is 0 Å².